The first kappa shape index (κ1) is 88.1. The zero-order valence-electron chi connectivity index (χ0n) is 58.4. The van der Waals surface area contributed by atoms with Gasteiger partial charge in [0, 0.05) is 25.7 Å². The van der Waals surface area contributed by atoms with Crippen molar-refractivity contribution >= 4 is 39.5 Å². The molecule has 0 aromatic heterocycles. The number of aliphatic hydroxyl groups excluding tert-OH is 1. The van der Waals surface area contributed by atoms with Crippen molar-refractivity contribution in [1.29, 1.82) is 0 Å². The van der Waals surface area contributed by atoms with Crippen LogP contribution in [0.1, 0.15) is 363 Å². The Balaban J connectivity index is 5.15. The van der Waals surface area contributed by atoms with E-state index in [0.29, 0.717) is 25.7 Å². The highest BCUT2D eigenvalue weighted by Crippen LogP contribution is 2.45. The molecule has 0 aromatic carbocycles. The summed E-state index contributed by atoms with van der Waals surface area (Å²) in [6.45, 7) is 9.55. The van der Waals surface area contributed by atoms with Crippen molar-refractivity contribution < 1.29 is 80.2 Å². The Labute approximate surface area is 549 Å². The second kappa shape index (κ2) is 63.1. The maximum Gasteiger partial charge on any atom is 0.472 e. The Hall–Kier alpha value is -1.94. The molecule has 0 saturated carbocycles. The lowest BCUT2D eigenvalue weighted by Gasteiger charge is -2.21. The van der Waals surface area contributed by atoms with Gasteiger partial charge in [0.1, 0.15) is 19.3 Å². The van der Waals surface area contributed by atoms with Crippen LogP contribution in [0.4, 0.5) is 0 Å². The Bertz CT molecular complexity index is 1750. The third-order valence-corrected chi connectivity index (χ3v) is 18.7. The molecule has 0 aromatic rings. The molecule has 0 aliphatic heterocycles. The third-order valence-electron chi connectivity index (χ3n) is 16.8. The predicted octanol–water partition coefficient (Wildman–Crippen LogP) is 20.4. The monoisotopic (exact) mass is 1320 g/mol. The largest absolute Gasteiger partial charge is 0.472 e. The van der Waals surface area contributed by atoms with Crippen LogP contribution < -0.4 is 0 Å². The predicted molar refractivity (Wildman–Crippen MR) is 363 cm³/mol. The zero-order chi connectivity index (χ0) is 66.5. The zero-order valence-corrected chi connectivity index (χ0v) is 60.2. The van der Waals surface area contributed by atoms with Crippen LogP contribution in [0.15, 0.2) is 0 Å². The van der Waals surface area contributed by atoms with Crippen LogP contribution in [-0.4, -0.2) is 96.7 Å². The number of esters is 4. The van der Waals surface area contributed by atoms with Crippen LogP contribution in [0.2, 0.25) is 0 Å². The van der Waals surface area contributed by atoms with Gasteiger partial charge in [-0.1, -0.05) is 311 Å². The molecule has 0 aliphatic rings. The highest BCUT2D eigenvalue weighted by molar-refractivity contribution is 7.47. The van der Waals surface area contributed by atoms with Crippen LogP contribution in [0.3, 0.4) is 0 Å². The molecule has 0 bridgehead atoms. The quantitative estimate of drug-likeness (QED) is 0.0222. The van der Waals surface area contributed by atoms with Gasteiger partial charge in [0.25, 0.3) is 0 Å². The number of aliphatic hydroxyl groups is 1. The molecular formula is C71H138O17P2. The molecule has 0 radical (unpaired) electrons. The summed E-state index contributed by atoms with van der Waals surface area (Å²) in [5.41, 5.74) is 0. The van der Waals surface area contributed by atoms with Gasteiger partial charge in [0.15, 0.2) is 12.2 Å². The van der Waals surface area contributed by atoms with E-state index in [-0.39, 0.29) is 25.7 Å². The maximum atomic E-state index is 13.0. The molecule has 19 heteroatoms. The SMILES string of the molecule is CCCCCCCCCCCC(=O)O[C@H](COC(=O)CCCCCCCCCC)COP(=O)(O)OC[C@H](O)COP(=O)(O)OC[C@@H](COC(=O)CCCCCCCCCCC(C)CC)OC(=O)CCCCCCCCCCCCCCCCCCCCC(C)C. The van der Waals surface area contributed by atoms with Gasteiger partial charge in [-0.05, 0) is 37.5 Å². The lowest BCUT2D eigenvalue weighted by atomic mass is 9.99. The lowest BCUT2D eigenvalue weighted by molar-refractivity contribution is -0.161. The molecule has 3 N–H and O–H groups in total. The highest BCUT2D eigenvalue weighted by atomic mass is 31.2. The van der Waals surface area contributed by atoms with Crippen molar-refractivity contribution in [2.75, 3.05) is 39.6 Å². The number of carbonyl (C=O) groups excluding carboxylic acids is 4. The van der Waals surface area contributed by atoms with E-state index in [4.69, 9.17) is 37.0 Å². The average molecular weight is 1330 g/mol. The van der Waals surface area contributed by atoms with E-state index in [1.54, 1.807) is 0 Å². The van der Waals surface area contributed by atoms with Crippen LogP contribution >= 0.6 is 15.6 Å². The van der Waals surface area contributed by atoms with E-state index in [1.165, 1.54) is 173 Å². The Morgan fingerprint density at radius 1 is 0.322 bits per heavy atom. The highest BCUT2D eigenvalue weighted by Gasteiger charge is 2.30. The van der Waals surface area contributed by atoms with E-state index in [9.17, 15) is 43.2 Å². The second-order valence-electron chi connectivity index (χ2n) is 26.3. The van der Waals surface area contributed by atoms with E-state index in [0.717, 1.165) is 108 Å². The van der Waals surface area contributed by atoms with Crippen molar-refractivity contribution in [3.8, 4) is 0 Å². The van der Waals surface area contributed by atoms with Gasteiger partial charge in [0.05, 0.1) is 26.4 Å². The molecule has 0 aliphatic carbocycles. The number of carbonyl (C=O) groups is 4. The Morgan fingerprint density at radius 3 is 0.844 bits per heavy atom. The van der Waals surface area contributed by atoms with Crippen molar-refractivity contribution in [1.82, 2.24) is 0 Å². The summed E-state index contributed by atoms with van der Waals surface area (Å²) in [7, 11) is -9.89. The summed E-state index contributed by atoms with van der Waals surface area (Å²) in [6.07, 6.45) is 48.7. The first-order valence-corrected chi connectivity index (χ1v) is 40.0. The summed E-state index contributed by atoms with van der Waals surface area (Å²) in [5, 5.41) is 10.6. The molecule has 3 unspecified atom stereocenters. The number of hydrogen-bond donors (Lipinski definition) is 3. The number of phosphoric ester groups is 2. The van der Waals surface area contributed by atoms with Gasteiger partial charge in [0.2, 0.25) is 0 Å². The number of unbranched alkanes of at least 4 members (excludes halogenated alkanes) is 39. The second-order valence-corrected chi connectivity index (χ2v) is 29.3. The molecule has 0 heterocycles. The molecule has 6 atom stereocenters. The average Bonchev–Trinajstić information content (AvgIpc) is 3.67. The fourth-order valence-corrected chi connectivity index (χ4v) is 12.3. The Morgan fingerprint density at radius 2 is 0.567 bits per heavy atom. The van der Waals surface area contributed by atoms with Crippen molar-refractivity contribution in [3.05, 3.63) is 0 Å². The number of rotatable bonds is 70. The van der Waals surface area contributed by atoms with E-state index in [2.05, 4.69) is 41.5 Å². The normalized spacial score (nSPS) is 14.4. The minimum absolute atomic E-state index is 0.106. The topological polar surface area (TPSA) is 237 Å². The maximum absolute atomic E-state index is 13.0. The first-order valence-electron chi connectivity index (χ1n) is 37.0. The number of hydrogen-bond acceptors (Lipinski definition) is 15. The van der Waals surface area contributed by atoms with Gasteiger partial charge < -0.3 is 33.8 Å². The lowest BCUT2D eigenvalue weighted by Crippen LogP contribution is -2.30. The van der Waals surface area contributed by atoms with Crippen LogP contribution in [0.5, 0.6) is 0 Å². The Kier molecular flexibility index (Phi) is 61.8. The summed E-state index contributed by atoms with van der Waals surface area (Å²) >= 11 is 0. The number of phosphoric acid groups is 2. The molecule has 534 valence electrons. The van der Waals surface area contributed by atoms with Gasteiger partial charge >= 0.3 is 39.5 Å². The number of ether oxygens (including phenoxy) is 4. The van der Waals surface area contributed by atoms with Crippen LogP contribution in [0.25, 0.3) is 0 Å². The van der Waals surface area contributed by atoms with Crippen molar-refractivity contribution in [2.45, 2.75) is 381 Å². The standard InChI is InChI=1S/C71H138O17P2/c1-7-10-12-14-16-28-37-43-49-55-70(75)87-66(59-81-68(73)53-47-41-35-17-15-13-11-8-2)61-85-89(77,78)83-57-65(72)58-84-90(79,80)86-62-67(60-82-69(74)54-48-42-36-32-31-34-40-46-52-64(6)9-3)88-71(76)56-50-44-38-30-27-25-23-21-19-18-20-22-24-26-29-33-39-45-51-63(4)5/h63-67,72H,7-62H2,1-6H3,(H,77,78)(H,79,80)/t64?,65-,66+,67+/m0/s1. The smallest absolute Gasteiger partial charge is 0.462 e. The minimum atomic E-state index is -4.95. The molecule has 0 spiro atoms. The minimum Gasteiger partial charge on any atom is -0.462 e. The first-order chi connectivity index (χ1) is 43.4. The fraction of sp³-hybridized carbons (Fsp3) is 0.944. The summed E-state index contributed by atoms with van der Waals surface area (Å²) in [5.74, 6) is -0.530. The summed E-state index contributed by atoms with van der Waals surface area (Å²) in [6, 6.07) is 0. The van der Waals surface area contributed by atoms with Crippen LogP contribution in [0, 0.1) is 11.8 Å². The molecule has 90 heavy (non-hydrogen) atoms. The van der Waals surface area contributed by atoms with Gasteiger partial charge in [-0.2, -0.15) is 0 Å². The fourth-order valence-electron chi connectivity index (χ4n) is 10.7. The van der Waals surface area contributed by atoms with Crippen LogP contribution in [-0.2, 0) is 65.4 Å². The molecule has 0 fully saturated rings. The summed E-state index contributed by atoms with van der Waals surface area (Å²) in [4.78, 5) is 72.4. The van der Waals surface area contributed by atoms with Gasteiger partial charge in [-0.15, -0.1) is 0 Å². The van der Waals surface area contributed by atoms with Gasteiger partial charge in [-0.3, -0.25) is 37.3 Å². The van der Waals surface area contributed by atoms with E-state index >= 15 is 0 Å². The molecule has 0 amide bonds. The van der Waals surface area contributed by atoms with Gasteiger partial charge in [-0.25, -0.2) is 9.13 Å². The molecule has 0 rings (SSSR count). The van der Waals surface area contributed by atoms with Crippen molar-refractivity contribution in [2.24, 2.45) is 11.8 Å². The van der Waals surface area contributed by atoms with Crippen molar-refractivity contribution in [3.63, 3.8) is 0 Å². The molecule has 0 saturated heterocycles. The third kappa shape index (κ3) is 63.5. The molecule has 17 nitrogen and oxygen atoms in total. The van der Waals surface area contributed by atoms with E-state index < -0.39 is 97.5 Å². The molecular weight excluding hydrogens is 1190 g/mol. The summed E-state index contributed by atoms with van der Waals surface area (Å²) < 4.78 is 68.2. The van der Waals surface area contributed by atoms with E-state index in [1.807, 2.05) is 0 Å².